The molecule has 2 aromatic rings. The normalized spacial score (nSPS) is 11.0. The Hall–Kier alpha value is -2.75. The Kier molecular flexibility index (Phi) is 5.86. The lowest BCUT2D eigenvalue weighted by molar-refractivity contribution is -0.120. The monoisotopic (exact) mass is 337 g/mol. The van der Waals surface area contributed by atoms with Crippen LogP contribution < -0.4 is 5.32 Å². The molecule has 130 valence electrons. The highest BCUT2D eigenvalue weighted by atomic mass is 16.2. The summed E-state index contributed by atoms with van der Waals surface area (Å²) in [6.07, 6.45) is 0.829. The topological polar surface area (TPSA) is 63.2 Å². The van der Waals surface area contributed by atoms with Gasteiger partial charge in [0.1, 0.15) is 0 Å². The lowest BCUT2D eigenvalue weighted by Gasteiger charge is -2.16. The molecular formula is C21H23NO3. The summed E-state index contributed by atoms with van der Waals surface area (Å²) in [7, 11) is 0. The predicted molar refractivity (Wildman–Crippen MR) is 97.5 cm³/mol. The summed E-state index contributed by atoms with van der Waals surface area (Å²) in [4.78, 5) is 36.2. The van der Waals surface area contributed by atoms with E-state index in [9.17, 15) is 14.4 Å². The third kappa shape index (κ3) is 5.38. The van der Waals surface area contributed by atoms with Gasteiger partial charge in [-0.25, -0.2) is 0 Å². The van der Waals surface area contributed by atoms with E-state index in [0.29, 0.717) is 17.5 Å². The number of amides is 2. The number of nitrogens with one attached hydrogen (secondary N) is 1. The zero-order chi connectivity index (χ0) is 18.4. The molecule has 0 fully saturated rings. The molecular weight excluding hydrogens is 314 g/mol. The quantitative estimate of drug-likeness (QED) is 0.844. The predicted octanol–water partition coefficient (Wildman–Crippen LogP) is 3.80. The molecule has 0 aliphatic carbocycles. The minimum atomic E-state index is -0.475. The van der Waals surface area contributed by atoms with Crippen molar-refractivity contribution in [2.45, 2.75) is 33.6 Å². The Morgan fingerprint density at radius 2 is 1.40 bits per heavy atom. The van der Waals surface area contributed by atoms with Crippen LogP contribution in [0.25, 0.3) is 0 Å². The number of imide groups is 1. The molecule has 0 aliphatic heterocycles. The van der Waals surface area contributed by atoms with E-state index in [-0.39, 0.29) is 18.1 Å². The van der Waals surface area contributed by atoms with Crippen LogP contribution >= 0.6 is 0 Å². The average molecular weight is 337 g/mol. The molecule has 0 unspecified atom stereocenters. The van der Waals surface area contributed by atoms with Crippen molar-refractivity contribution in [2.24, 2.45) is 5.41 Å². The van der Waals surface area contributed by atoms with Crippen LogP contribution in [0.3, 0.4) is 0 Å². The van der Waals surface area contributed by atoms with Crippen LogP contribution in [0.5, 0.6) is 0 Å². The number of carbonyl (C=O) groups excluding carboxylic acids is 3. The summed E-state index contributed by atoms with van der Waals surface area (Å²) in [5.74, 6) is -0.755. The minimum absolute atomic E-state index is 0.0124. The van der Waals surface area contributed by atoms with E-state index >= 15 is 0 Å². The lowest BCUT2D eigenvalue weighted by atomic mass is 9.86. The maximum absolute atomic E-state index is 12.2. The van der Waals surface area contributed by atoms with E-state index in [1.165, 1.54) is 0 Å². The number of benzene rings is 2. The maximum atomic E-state index is 12.2. The van der Waals surface area contributed by atoms with E-state index in [1.54, 1.807) is 24.3 Å². The number of rotatable bonds is 5. The van der Waals surface area contributed by atoms with Crippen LogP contribution in [0.1, 0.15) is 53.5 Å². The van der Waals surface area contributed by atoms with E-state index < -0.39 is 11.3 Å². The van der Waals surface area contributed by atoms with E-state index in [1.807, 2.05) is 51.1 Å². The van der Waals surface area contributed by atoms with Gasteiger partial charge in [0, 0.05) is 23.0 Å². The second-order valence-electron chi connectivity index (χ2n) is 7.02. The summed E-state index contributed by atoms with van der Waals surface area (Å²) in [5.41, 5.74) is 1.49. The van der Waals surface area contributed by atoms with Gasteiger partial charge >= 0.3 is 0 Å². The molecule has 4 nitrogen and oxygen atoms in total. The number of hydrogen-bond donors (Lipinski definition) is 1. The van der Waals surface area contributed by atoms with Crippen molar-refractivity contribution in [1.82, 2.24) is 5.32 Å². The molecule has 0 heterocycles. The fourth-order valence-corrected chi connectivity index (χ4v) is 2.37. The molecule has 25 heavy (non-hydrogen) atoms. The zero-order valence-electron chi connectivity index (χ0n) is 14.8. The maximum Gasteiger partial charge on any atom is 0.257 e. The van der Waals surface area contributed by atoms with Crippen molar-refractivity contribution in [3.05, 3.63) is 71.3 Å². The van der Waals surface area contributed by atoms with E-state index in [0.717, 1.165) is 5.56 Å². The average Bonchev–Trinajstić information content (AvgIpc) is 2.59. The Morgan fingerprint density at radius 1 is 0.840 bits per heavy atom. The fourth-order valence-electron chi connectivity index (χ4n) is 2.37. The Labute approximate surface area is 148 Å². The molecule has 2 amide bonds. The second kappa shape index (κ2) is 7.88. The van der Waals surface area contributed by atoms with Crippen LogP contribution in [0, 0.1) is 5.41 Å². The van der Waals surface area contributed by atoms with Gasteiger partial charge in [-0.05, 0) is 24.1 Å². The first-order valence-corrected chi connectivity index (χ1v) is 8.30. The third-order valence-corrected chi connectivity index (χ3v) is 3.83. The van der Waals surface area contributed by atoms with Gasteiger partial charge in [-0.2, -0.15) is 0 Å². The number of hydrogen-bond acceptors (Lipinski definition) is 3. The highest BCUT2D eigenvalue weighted by molar-refractivity contribution is 6.05. The molecule has 0 atom stereocenters. The van der Waals surface area contributed by atoms with Gasteiger partial charge in [0.2, 0.25) is 5.91 Å². The molecule has 0 bridgehead atoms. The SMILES string of the molecule is CC(C)(C)C(=O)c1ccc(C(=O)NC(=O)CCc2ccccc2)cc1. The number of aryl methyl sites for hydroxylation is 1. The van der Waals surface area contributed by atoms with Gasteiger partial charge in [-0.15, -0.1) is 0 Å². The summed E-state index contributed by atoms with van der Waals surface area (Å²) in [6.45, 7) is 5.55. The number of carbonyl (C=O) groups is 3. The molecule has 0 saturated carbocycles. The third-order valence-electron chi connectivity index (χ3n) is 3.83. The van der Waals surface area contributed by atoms with Crippen molar-refractivity contribution < 1.29 is 14.4 Å². The van der Waals surface area contributed by atoms with Crippen LogP contribution in [0.2, 0.25) is 0 Å². The van der Waals surface area contributed by atoms with Gasteiger partial charge in [-0.1, -0.05) is 63.2 Å². The van der Waals surface area contributed by atoms with Gasteiger partial charge < -0.3 is 0 Å². The smallest absolute Gasteiger partial charge is 0.257 e. The molecule has 0 aliphatic rings. The standard InChI is InChI=1S/C21H23NO3/c1-21(2,3)19(24)16-10-12-17(13-11-16)20(25)22-18(23)14-9-15-7-5-4-6-8-15/h4-8,10-13H,9,14H2,1-3H3,(H,22,23,25). The van der Waals surface area contributed by atoms with Crippen molar-refractivity contribution in [3.63, 3.8) is 0 Å². The molecule has 2 aromatic carbocycles. The second-order valence-corrected chi connectivity index (χ2v) is 7.02. The minimum Gasteiger partial charge on any atom is -0.294 e. The van der Waals surface area contributed by atoms with Gasteiger partial charge in [0.25, 0.3) is 5.91 Å². The molecule has 0 radical (unpaired) electrons. The van der Waals surface area contributed by atoms with Gasteiger partial charge in [0.15, 0.2) is 5.78 Å². The first-order valence-electron chi connectivity index (χ1n) is 8.30. The first-order chi connectivity index (χ1) is 11.8. The first kappa shape index (κ1) is 18.6. The molecule has 0 saturated heterocycles. The van der Waals surface area contributed by atoms with Crippen LogP contribution in [-0.2, 0) is 11.2 Å². The Bertz CT molecular complexity index is 756. The highest BCUT2D eigenvalue weighted by Crippen LogP contribution is 2.20. The van der Waals surface area contributed by atoms with E-state index in [4.69, 9.17) is 0 Å². The zero-order valence-corrected chi connectivity index (χ0v) is 14.8. The van der Waals surface area contributed by atoms with Gasteiger partial charge in [-0.3, -0.25) is 19.7 Å². The lowest BCUT2D eigenvalue weighted by Crippen LogP contribution is -2.30. The molecule has 4 heteroatoms. The van der Waals surface area contributed by atoms with Crippen LogP contribution in [0.15, 0.2) is 54.6 Å². The van der Waals surface area contributed by atoms with Crippen molar-refractivity contribution >= 4 is 17.6 Å². The van der Waals surface area contributed by atoms with Crippen LogP contribution in [0.4, 0.5) is 0 Å². The molecule has 2 rings (SSSR count). The van der Waals surface area contributed by atoms with Crippen molar-refractivity contribution in [1.29, 1.82) is 0 Å². The molecule has 0 spiro atoms. The molecule has 1 N–H and O–H groups in total. The van der Waals surface area contributed by atoms with E-state index in [2.05, 4.69) is 5.32 Å². The Balaban J connectivity index is 1.92. The summed E-state index contributed by atoms with van der Waals surface area (Å²) >= 11 is 0. The largest absolute Gasteiger partial charge is 0.294 e. The Morgan fingerprint density at radius 3 is 1.96 bits per heavy atom. The summed E-state index contributed by atoms with van der Waals surface area (Å²) in [5, 5.41) is 2.38. The summed E-state index contributed by atoms with van der Waals surface area (Å²) in [6, 6.07) is 16.0. The number of ketones is 1. The summed E-state index contributed by atoms with van der Waals surface area (Å²) < 4.78 is 0. The highest BCUT2D eigenvalue weighted by Gasteiger charge is 2.23. The molecule has 0 aromatic heterocycles. The van der Waals surface area contributed by atoms with Crippen LogP contribution in [-0.4, -0.2) is 17.6 Å². The van der Waals surface area contributed by atoms with Gasteiger partial charge in [0.05, 0.1) is 0 Å². The number of Topliss-reactive ketones (excluding diaryl/α,β-unsaturated/α-hetero) is 1. The van der Waals surface area contributed by atoms with Crippen molar-refractivity contribution in [3.8, 4) is 0 Å². The fraction of sp³-hybridized carbons (Fsp3) is 0.286. The van der Waals surface area contributed by atoms with Crippen molar-refractivity contribution in [2.75, 3.05) is 0 Å².